The van der Waals surface area contributed by atoms with E-state index in [1.165, 1.54) is 0 Å². The number of alkyl halides is 1. The van der Waals surface area contributed by atoms with Crippen LogP contribution in [0.2, 0.25) is 0 Å². The van der Waals surface area contributed by atoms with Crippen molar-refractivity contribution in [1.82, 2.24) is 0 Å². The molecule has 2 rings (SSSR count). The maximum absolute atomic E-state index is 12.1. The van der Waals surface area contributed by atoms with E-state index in [0.29, 0.717) is 19.4 Å². The van der Waals surface area contributed by atoms with Crippen LogP contribution in [0.4, 0.5) is 0 Å². The zero-order valence-corrected chi connectivity index (χ0v) is 10.3. The summed E-state index contributed by atoms with van der Waals surface area (Å²) in [5.41, 5.74) is 0.734. The van der Waals surface area contributed by atoms with Gasteiger partial charge >= 0.3 is 0 Å². The van der Waals surface area contributed by atoms with E-state index < -0.39 is 14.2 Å². The summed E-state index contributed by atoms with van der Waals surface area (Å²) in [4.78, 5) is 0. The number of halogens is 1. The van der Waals surface area contributed by atoms with Gasteiger partial charge in [-0.1, -0.05) is 41.9 Å². The molecule has 3 nitrogen and oxygen atoms in total. The molecule has 1 aromatic rings. The van der Waals surface area contributed by atoms with Crippen LogP contribution in [0.25, 0.3) is 0 Å². The first-order chi connectivity index (χ1) is 7.54. The summed E-state index contributed by atoms with van der Waals surface area (Å²) in [5.74, 6) is -0.0721. The van der Waals surface area contributed by atoms with Crippen molar-refractivity contribution in [3.05, 3.63) is 35.9 Å². The van der Waals surface area contributed by atoms with E-state index in [-0.39, 0.29) is 5.75 Å². The minimum Gasteiger partial charge on any atom is -0.347 e. The second-order valence-corrected chi connectivity index (χ2v) is 6.87. The van der Waals surface area contributed by atoms with Crippen molar-refractivity contribution in [3.63, 3.8) is 0 Å². The van der Waals surface area contributed by atoms with Gasteiger partial charge in [-0.3, -0.25) is 0 Å². The highest BCUT2D eigenvalue weighted by molar-refractivity contribution is 7.93. The maximum atomic E-state index is 12.1. The van der Waals surface area contributed by atoms with Crippen molar-refractivity contribution >= 4 is 21.4 Å². The molecule has 1 saturated heterocycles. The van der Waals surface area contributed by atoms with E-state index in [1.807, 2.05) is 6.07 Å². The molecule has 0 aromatic heterocycles. The van der Waals surface area contributed by atoms with Crippen LogP contribution in [0.15, 0.2) is 30.3 Å². The van der Waals surface area contributed by atoms with E-state index in [1.54, 1.807) is 24.3 Å². The number of sulfone groups is 1. The normalized spacial score (nSPS) is 25.8. The molecule has 1 aliphatic rings. The topological polar surface area (TPSA) is 43.4 Å². The molecule has 5 heteroatoms. The van der Waals surface area contributed by atoms with Crippen molar-refractivity contribution < 1.29 is 13.2 Å². The van der Waals surface area contributed by atoms with Crippen LogP contribution in [0.3, 0.4) is 0 Å². The summed E-state index contributed by atoms with van der Waals surface area (Å²) in [6.07, 6.45) is 1.06. The van der Waals surface area contributed by atoms with Gasteiger partial charge in [0.25, 0.3) is 0 Å². The fraction of sp³-hybridized carbons (Fsp3) is 0.455. The lowest BCUT2D eigenvalue weighted by Gasteiger charge is -2.20. The average Bonchev–Trinajstić information content (AvgIpc) is 2.68. The average molecular weight is 261 g/mol. The SMILES string of the molecule is O=S(=O)(Cc1ccccc1)C1(Cl)CCCO1. The Hall–Kier alpha value is -0.580. The van der Waals surface area contributed by atoms with Crippen LogP contribution in [0, 0.1) is 0 Å². The molecule has 1 fully saturated rings. The molecule has 0 saturated carbocycles. The van der Waals surface area contributed by atoms with Crippen molar-refractivity contribution in [3.8, 4) is 0 Å². The summed E-state index contributed by atoms with van der Waals surface area (Å²) >= 11 is 6.00. The Morgan fingerprint density at radius 3 is 2.56 bits per heavy atom. The van der Waals surface area contributed by atoms with Crippen LogP contribution in [0.1, 0.15) is 18.4 Å². The molecule has 0 aliphatic carbocycles. The summed E-state index contributed by atoms with van der Waals surface area (Å²) in [7, 11) is -3.47. The molecule has 1 atom stereocenters. The van der Waals surface area contributed by atoms with Gasteiger partial charge in [-0.25, -0.2) is 8.42 Å². The Balaban J connectivity index is 2.21. The van der Waals surface area contributed by atoms with Gasteiger partial charge in [-0.2, -0.15) is 0 Å². The van der Waals surface area contributed by atoms with Crippen LogP contribution < -0.4 is 0 Å². The van der Waals surface area contributed by atoms with Gasteiger partial charge in [0.1, 0.15) is 0 Å². The molecule has 1 heterocycles. The van der Waals surface area contributed by atoms with Gasteiger partial charge in [0.05, 0.1) is 12.4 Å². The van der Waals surface area contributed by atoms with E-state index in [2.05, 4.69) is 0 Å². The van der Waals surface area contributed by atoms with Crippen molar-refractivity contribution in [2.24, 2.45) is 0 Å². The predicted octanol–water partition coefficient (Wildman–Crippen LogP) is 2.30. The largest absolute Gasteiger partial charge is 0.347 e. The fourth-order valence-electron chi connectivity index (χ4n) is 1.73. The lowest BCUT2D eigenvalue weighted by Crippen LogP contribution is -2.32. The summed E-state index contributed by atoms with van der Waals surface area (Å²) in [6.45, 7) is 0.414. The fourth-order valence-corrected chi connectivity index (χ4v) is 3.67. The number of hydrogen-bond donors (Lipinski definition) is 0. The second-order valence-electron chi connectivity index (χ2n) is 3.86. The Morgan fingerprint density at radius 1 is 1.31 bits per heavy atom. The molecule has 0 bridgehead atoms. The minimum absolute atomic E-state index is 0.0721. The monoisotopic (exact) mass is 260 g/mol. The molecule has 1 unspecified atom stereocenters. The van der Waals surface area contributed by atoms with Crippen molar-refractivity contribution in [2.75, 3.05) is 6.61 Å². The van der Waals surface area contributed by atoms with Crippen LogP contribution in [0.5, 0.6) is 0 Å². The van der Waals surface area contributed by atoms with Crippen LogP contribution >= 0.6 is 11.6 Å². The molecule has 0 radical (unpaired) electrons. The highest BCUT2D eigenvalue weighted by atomic mass is 35.5. The van der Waals surface area contributed by atoms with Crippen molar-refractivity contribution in [2.45, 2.75) is 23.0 Å². The Kier molecular flexibility index (Phi) is 3.24. The molecule has 88 valence electrons. The third-order valence-electron chi connectivity index (χ3n) is 2.60. The third kappa shape index (κ3) is 2.24. The zero-order valence-electron chi connectivity index (χ0n) is 8.73. The minimum atomic E-state index is -3.47. The van der Waals surface area contributed by atoms with E-state index >= 15 is 0 Å². The maximum Gasteiger partial charge on any atom is 0.244 e. The van der Waals surface area contributed by atoms with Crippen LogP contribution in [-0.2, 0) is 20.3 Å². The zero-order chi connectivity index (χ0) is 11.6. The molecular weight excluding hydrogens is 248 g/mol. The third-order valence-corrected chi connectivity index (χ3v) is 5.57. The quantitative estimate of drug-likeness (QED) is 0.784. The number of hydrogen-bond acceptors (Lipinski definition) is 3. The highest BCUT2D eigenvalue weighted by Gasteiger charge is 2.45. The molecule has 16 heavy (non-hydrogen) atoms. The first kappa shape index (κ1) is 11.9. The second kappa shape index (κ2) is 4.35. The van der Waals surface area contributed by atoms with Gasteiger partial charge in [0, 0.05) is 6.42 Å². The van der Waals surface area contributed by atoms with E-state index in [4.69, 9.17) is 16.3 Å². The highest BCUT2D eigenvalue weighted by Crippen LogP contribution is 2.37. The first-order valence-corrected chi connectivity index (χ1v) is 7.16. The number of rotatable bonds is 3. The molecule has 0 spiro atoms. The Morgan fingerprint density at radius 2 is 2.00 bits per heavy atom. The first-order valence-electron chi connectivity index (χ1n) is 5.13. The standard InChI is InChI=1S/C11H13ClO3S/c12-11(7-4-8-15-11)16(13,14)9-10-5-2-1-3-6-10/h1-3,5-6H,4,7-9H2. The predicted molar refractivity (Wildman–Crippen MR) is 62.8 cm³/mol. The Bertz CT molecular complexity index is 449. The Labute approximate surface area is 100 Å². The van der Waals surface area contributed by atoms with Gasteiger partial charge in [-0.15, -0.1) is 0 Å². The van der Waals surface area contributed by atoms with Crippen molar-refractivity contribution in [1.29, 1.82) is 0 Å². The lowest BCUT2D eigenvalue weighted by molar-refractivity contribution is 0.135. The molecule has 0 N–H and O–H groups in total. The van der Waals surface area contributed by atoms with Gasteiger partial charge < -0.3 is 4.74 Å². The molecule has 0 amide bonds. The summed E-state index contributed by atoms with van der Waals surface area (Å²) < 4.78 is 27.8. The van der Waals surface area contributed by atoms with Gasteiger partial charge in [-0.05, 0) is 12.0 Å². The molecular formula is C11H13ClO3S. The smallest absolute Gasteiger partial charge is 0.244 e. The van der Waals surface area contributed by atoms with Gasteiger partial charge in [0.15, 0.2) is 9.84 Å². The molecule has 1 aliphatic heterocycles. The summed E-state index contributed by atoms with van der Waals surface area (Å²) in [6, 6.07) is 9.00. The summed E-state index contributed by atoms with van der Waals surface area (Å²) in [5, 5.41) is 0. The van der Waals surface area contributed by atoms with Crippen LogP contribution in [-0.4, -0.2) is 19.4 Å². The van der Waals surface area contributed by atoms with E-state index in [9.17, 15) is 8.42 Å². The number of ether oxygens (including phenoxy) is 1. The lowest BCUT2D eigenvalue weighted by atomic mass is 10.2. The van der Waals surface area contributed by atoms with E-state index in [0.717, 1.165) is 5.56 Å². The number of benzene rings is 1. The van der Waals surface area contributed by atoms with Gasteiger partial charge in [0.2, 0.25) is 4.39 Å². The molecule has 1 aromatic carbocycles.